The number of nitrogens with one attached hydrogen (secondary N) is 1. The van der Waals surface area contributed by atoms with Gasteiger partial charge in [-0.15, -0.1) is 0 Å². The molecule has 0 spiro atoms. The van der Waals surface area contributed by atoms with Gasteiger partial charge >= 0.3 is 0 Å². The molecule has 27 heavy (non-hydrogen) atoms. The van der Waals surface area contributed by atoms with Crippen molar-refractivity contribution in [2.45, 2.75) is 19.3 Å². The van der Waals surface area contributed by atoms with Crippen LogP contribution in [0.25, 0.3) is 0 Å². The SMILES string of the molecule is NC(=O)C1CCN(CCc2ccc(NC(=O)c3cccc(Cl)c3)cc2)CC1. The fourth-order valence-electron chi connectivity index (χ4n) is 3.32. The highest BCUT2D eigenvalue weighted by Crippen LogP contribution is 2.18. The summed E-state index contributed by atoms with van der Waals surface area (Å²) in [6, 6.07) is 14.8. The van der Waals surface area contributed by atoms with Crippen molar-refractivity contribution >= 4 is 29.1 Å². The molecule has 1 aliphatic heterocycles. The number of benzene rings is 2. The van der Waals surface area contributed by atoms with E-state index in [-0.39, 0.29) is 17.7 Å². The molecule has 0 aromatic heterocycles. The number of carbonyl (C=O) groups excluding carboxylic acids is 2. The number of likely N-dealkylation sites (tertiary alicyclic amines) is 1. The molecule has 142 valence electrons. The van der Waals surface area contributed by atoms with E-state index in [9.17, 15) is 9.59 Å². The first-order chi connectivity index (χ1) is 13.0. The van der Waals surface area contributed by atoms with E-state index in [2.05, 4.69) is 10.2 Å². The summed E-state index contributed by atoms with van der Waals surface area (Å²) in [5.74, 6) is -0.323. The summed E-state index contributed by atoms with van der Waals surface area (Å²) in [7, 11) is 0. The number of carbonyl (C=O) groups is 2. The highest BCUT2D eigenvalue weighted by molar-refractivity contribution is 6.31. The van der Waals surface area contributed by atoms with Crippen LogP contribution < -0.4 is 11.1 Å². The average molecular weight is 386 g/mol. The van der Waals surface area contributed by atoms with Gasteiger partial charge in [0.25, 0.3) is 5.91 Å². The van der Waals surface area contributed by atoms with E-state index in [4.69, 9.17) is 17.3 Å². The molecule has 0 bridgehead atoms. The van der Waals surface area contributed by atoms with Crippen molar-refractivity contribution in [1.82, 2.24) is 4.90 Å². The predicted molar refractivity (Wildman–Crippen MR) is 108 cm³/mol. The van der Waals surface area contributed by atoms with E-state index in [0.29, 0.717) is 10.6 Å². The van der Waals surface area contributed by atoms with E-state index in [1.807, 2.05) is 24.3 Å². The minimum atomic E-state index is -0.178. The van der Waals surface area contributed by atoms with Gasteiger partial charge in [-0.25, -0.2) is 0 Å². The lowest BCUT2D eigenvalue weighted by molar-refractivity contribution is -0.123. The van der Waals surface area contributed by atoms with Crippen molar-refractivity contribution in [3.8, 4) is 0 Å². The van der Waals surface area contributed by atoms with Gasteiger partial charge in [0.15, 0.2) is 0 Å². The lowest BCUT2D eigenvalue weighted by atomic mass is 9.96. The topological polar surface area (TPSA) is 75.4 Å². The molecule has 1 aliphatic rings. The van der Waals surface area contributed by atoms with Gasteiger partial charge in [0, 0.05) is 28.7 Å². The minimum Gasteiger partial charge on any atom is -0.369 e. The van der Waals surface area contributed by atoms with Gasteiger partial charge in [-0.2, -0.15) is 0 Å². The Labute approximate surface area is 164 Å². The fraction of sp³-hybridized carbons (Fsp3) is 0.333. The van der Waals surface area contributed by atoms with Crippen molar-refractivity contribution in [3.63, 3.8) is 0 Å². The summed E-state index contributed by atoms with van der Waals surface area (Å²) < 4.78 is 0. The number of nitrogens with zero attached hydrogens (tertiary/aromatic N) is 1. The van der Waals surface area contributed by atoms with Crippen molar-refractivity contribution in [2.24, 2.45) is 11.7 Å². The number of rotatable bonds is 6. The Balaban J connectivity index is 1.48. The zero-order valence-electron chi connectivity index (χ0n) is 15.2. The highest BCUT2D eigenvalue weighted by Gasteiger charge is 2.22. The lowest BCUT2D eigenvalue weighted by Gasteiger charge is -2.30. The Bertz CT molecular complexity index is 799. The molecule has 3 rings (SSSR count). The number of amides is 2. The molecule has 2 aromatic rings. The smallest absolute Gasteiger partial charge is 0.255 e. The van der Waals surface area contributed by atoms with Crippen LogP contribution in [0.2, 0.25) is 5.02 Å². The first-order valence-electron chi connectivity index (χ1n) is 9.19. The van der Waals surface area contributed by atoms with Gasteiger partial charge in [-0.05, 0) is 68.2 Å². The molecule has 0 radical (unpaired) electrons. The second-order valence-corrected chi connectivity index (χ2v) is 7.37. The molecule has 0 aliphatic carbocycles. The molecular weight excluding hydrogens is 362 g/mol. The first kappa shape index (κ1) is 19.4. The predicted octanol–water partition coefficient (Wildman–Crippen LogP) is 3.33. The van der Waals surface area contributed by atoms with Crippen LogP contribution in [-0.4, -0.2) is 36.3 Å². The molecule has 6 heteroatoms. The van der Waals surface area contributed by atoms with Gasteiger partial charge < -0.3 is 16.0 Å². The molecule has 0 unspecified atom stereocenters. The fourth-order valence-corrected chi connectivity index (χ4v) is 3.51. The molecule has 3 N–H and O–H groups in total. The zero-order chi connectivity index (χ0) is 19.2. The molecule has 0 saturated carbocycles. The van der Waals surface area contributed by atoms with Crippen LogP contribution in [0.1, 0.15) is 28.8 Å². The van der Waals surface area contributed by atoms with Crippen molar-refractivity contribution in [3.05, 3.63) is 64.7 Å². The largest absolute Gasteiger partial charge is 0.369 e. The summed E-state index contributed by atoms with van der Waals surface area (Å²) in [4.78, 5) is 25.8. The Morgan fingerprint density at radius 3 is 2.44 bits per heavy atom. The summed E-state index contributed by atoms with van der Waals surface area (Å²) in [5.41, 5.74) is 7.88. The van der Waals surface area contributed by atoms with Crippen LogP contribution in [0.15, 0.2) is 48.5 Å². The summed E-state index contributed by atoms with van der Waals surface area (Å²) in [6.45, 7) is 2.79. The second-order valence-electron chi connectivity index (χ2n) is 6.93. The molecule has 5 nitrogen and oxygen atoms in total. The number of primary amides is 1. The molecule has 1 heterocycles. The maximum absolute atomic E-state index is 12.2. The summed E-state index contributed by atoms with van der Waals surface area (Å²) in [5, 5.41) is 3.42. The molecule has 0 atom stereocenters. The highest BCUT2D eigenvalue weighted by atomic mass is 35.5. The van der Waals surface area contributed by atoms with E-state index in [0.717, 1.165) is 44.6 Å². The number of hydrogen-bond acceptors (Lipinski definition) is 3. The minimum absolute atomic E-state index is 0.0311. The average Bonchev–Trinajstić information content (AvgIpc) is 2.68. The Hall–Kier alpha value is -2.37. The Morgan fingerprint density at radius 1 is 1.11 bits per heavy atom. The van der Waals surface area contributed by atoms with E-state index in [1.165, 1.54) is 5.56 Å². The normalized spacial score (nSPS) is 15.4. The third-order valence-electron chi connectivity index (χ3n) is 5.01. The van der Waals surface area contributed by atoms with Crippen molar-refractivity contribution in [2.75, 3.05) is 25.0 Å². The van der Waals surface area contributed by atoms with Gasteiger partial charge in [0.2, 0.25) is 5.91 Å². The van der Waals surface area contributed by atoms with Crippen LogP contribution in [0.5, 0.6) is 0 Å². The standard InChI is InChI=1S/C21H24ClN3O2/c22-18-3-1-2-17(14-18)21(27)24-19-6-4-15(5-7-19)8-11-25-12-9-16(10-13-25)20(23)26/h1-7,14,16H,8-13H2,(H2,23,26)(H,24,27). The summed E-state index contributed by atoms with van der Waals surface area (Å²) >= 11 is 5.93. The molecular formula is C21H24ClN3O2. The third-order valence-corrected chi connectivity index (χ3v) is 5.24. The van der Waals surface area contributed by atoms with Crippen LogP contribution in [0.4, 0.5) is 5.69 Å². The summed E-state index contributed by atoms with van der Waals surface area (Å²) in [6.07, 6.45) is 2.64. The van der Waals surface area contributed by atoms with E-state index in [1.54, 1.807) is 24.3 Å². The van der Waals surface area contributed by atoms with Crippen LogP contribution >= 0.6 is 11.6 Å². The van der Waals surface area contributed by atoms with E-state index >= 15 is 0 Å². The van der Waals surface area contributed by atoms with Gasteiger partial charge in [-0.3, -0.25) is 9.59 Å². The van der Waals surface area contributed by atoms with Gasteiger partial charge in [0.05, 0.1) is 0 Å². The third kappa shape index (κ3) is 5.55. The van der Waals surface area contributed by atoms with Crippen LogP contribution in [0.3, 0.4) is 0 Å². The monoisotopic (exact) mass is 385 g/mol. The van der Waals surface area contributed by atoms with Gasteiger partial charge in [-0.1, -0.05) is 29.8 Å². The van der Waals surface area contributed by atoms with Crippen LogP contribution in [0, 0.1) is 5.92 Å². The number of halogens is 1. The Kier molecular flexibility index (Phi) is 6.48. The maximum Gasteiger partial charge on any atom is 0.255 e. The molecule has 1 saturated heterocycles. The lowest BCUT2D eigenvalue weighted by Crippen LogP contribution is -2.39. The molecule has 1 fully saturated rings. The second kappa shape index (κ2) is 9.02. The van der Waals surface area contributed by atoms with Crippen molar-refractivity contribution < 1.29 is 9.59 Å². The number of nitrogens with two attached hydrogens (primary N) is 1. The molecule has 2 amide bonds. The van der Waals surface area contributed by atoms with Gasteiger partial charge in [0.1, 0.15) is 0 Å². The Morgan fingerprint density at radius 2 is 1.81 bits per heavy atom. The molecule has 2 aromatic carbocycles. The van der Waals surface area contributed by atoms with E-state index < -0.39 is 0 Å². The van der Waals surface area contributed by atoms with Crippen LogP contribution in [-0.2, 0) is 11.2 Å². The zero-order valence-corrected chi connectivity index (χ0v) is 15.9. The quantitative estimate of drug-likeness (QED) is 0.800. The number of piperidine rings is 1. The van der Waals surface area contributed by atoms with Crippen molar-refractivity contribution in [1.29, 1.82) is 0 Å². The first-order valence-corrected chi connectivity index (χ1v) is 9.56. The number of anilines is 1. The maximum atomic E-state index is 12.2. The number of hydrogen-bond donors (Lipinski definition) is 2.